The van der Waals surface area contributed by atoms with Gasteiger partial charge in [0.1, 0.15) is 0 Å². The van der Waals surface area contributed by atoms with Crippen LogP contribution >= 0.6 is 0 Å². The Morgan fingerprint density at radius 1 is 0.947 bits per heavy atom. The van der Waals surface area contributed by atoms with E-state index in [1.165, 1.54) is 38.5 Å². The minimum atomic E-state index is -0.0224. The van der Waals surface area contributed by atoms with Crippen molar-refractivity contribution in [2.75, 3.05) is 0 Å². The molecule has 1 aliphatic heterocycles. The number of rotatable bonds is 1. The molecule has 0 spiro atoms. The maximum atomic E-state index is 12.1. The summed E-state index contributed by atoms with van der Waals surface area (Å²) < 4.78 is 0.993. The summed E-state index contributed by atoms with van der Waals surface area (Å²) in [6.45, 7) is -0.0224. The van der Waals surface area contributed by atoms with Crippen LogP contribution in [0.25, 0.3) is 0 Å². The second-order valence-corrected chi connectivity index (χ2v) is 5.63. The van der Waals surface area contributed by atoms with E-state index < -0.39 is 0 Å². The van der Waals surface area contributed by atoms with Gasteiger partial charge in [-0.2, -0.15) is 4.73 Å². The number of nitrogens with zero attached hydrogens (tertiary/aromatic N) is 1. The highest BCUT2D eigenvalue weighted by Crippen LogP contribution is 2.16. The summed E-state index contributed by atoms with van der Waals surface area (Å²) in [6, 6.07) is 2.02. The molecule has 1 N–H and O–H groups in total. The number of pyridine rings is 1. The third-order valence-corrected chi connectivity index (χ3v) is 4.08. The smallest absolute Gasteiger partial charge is 0.198 e. The molecule has 0 fully saturated rings. The van der Waals surface area contributed by atoms with E-state index in [4.69, 9.17) is 0 Å². The van der Waals surface area contributed by atoms with Crippen molar-refractivity contribution in [3.8, 4) is 0 Å². The Bertz CT molecular complexity index is 404. The number of aliphatic hydroxyl groups excluding tert-OH is 1. The molecule has 0 amide bonds. The summed E-state index contributed by atoms with van der Waals surface area (Å²) in [5, 5.41) is 21.5. The zero-order valence-electron chi connectivity index (χ0n) is 11.7. The van der Waals surface area contributed by atoms with Crippen LogP contribution in [0.2, 0.25) is 0 Å². The number of aliphatic hydroxyl groups is 1. The fourth-order valence-electron chi connectivity index (χ4n) is 2.94. The molecule has 19 heavy (non-hydrogen) atoms. The first-order chi connectivity index (χ1) is 9.31. The van der Waals surface area contributed by atoms with Crippen LogP contribution in [0.15, 0.2) is 12.3 Å². The number of hydrogen-bond donors (Lipinski definition) is 1. The third kappa shape index (κ3) is 4.20. The normalized spacial score (nSPS) is 18.2. The van der Waals surface area contributed by atoms with E-state index in [-0.39, 0.29) is 6.61 Å². The predicted octanol–water partition coefficient (Wildman–Crippen LogP) is 3.03. The molecule has 0 aromatic carbocycles. The summed E-state index contributed by atoms with van der Waals surface area (Å²) in [5.41, 5.74) is 2.66. The average Bonchev–Trinajstić information content (AvgIpc) is 2.42. The molecule has 0 saturated carbocycles. The van der Waals surface area contributed by atoms with Crippen LogP contribution in [0.1, 0.15) is 68.2 Å². The minimum absolute atomic E-state index is 0.0224. The van der Waals surface area contributed by atoms with Crippen molar-refractivity contribution in [1.82, 2.24) is 0 Å². The van der Waals surface area contributed by atoms with Gasteiger partial charge >= 0.3 is 0 Å². The zero-order valence-corrected chi connectivity index (χ0v) is 11.7. The Hall–Kier alpha value is -1.09. The van der Waals surface area contributed by atoms with Crippen LogP contribution in [0.5, 0.6) is 0 Å². The summed E-state index contributed by atoms with van der Waals surface area (Å²) in [5.74, 6) is 0. The highest BCUT2D eigenvalue weighted by Gasteiger charge is 2.14. The van der Waals surface area contributed by atoms with Crippen molar-refractivity contribution < 1.29 is 9.84 Å². The Morgan fingerprint density at radius 2 is 1.53 bits per heavy atom. The number of hydrogen-bond acceptors (Lipinski definition) is 2. The zero-order chi connectivity index (χ0) is 13.5. The molecule has 1 aliphatic carbocycles. The van der Waals surface area contributed by atoms with Crippen LogP contribution in [-0.4, -0.2) is 5.11 Å². The molecule has 2 aliphatic rings. The lowest BCUT2D eigenvalue weighted by Crippen LogP contribution is -2.34. The minimum Gasteiger partial charge on any atom is -0.618 e. The molecule has 2 heterocycles. The average molecular weight is 263 g/mol. The lowest BCUT2D eigenvalue weighted by molar-refractivity contribution is -0.615. The molecule has 1 aromatic heterocycles. The highest BCUT2D eigenvalue weighted by molar-refractivity contribution is 5.21. The fraction of sp³-hybridized carbons (Fsp3) is 0.688. The van der Waals surface area contributed by atoms with Crippen molar-refractivity contribution in [2.24, 2.45) is 0 Å². The number of aryl methyl sites for hydroxylation is 1. The maximum Gasteiger partial charge on any atom is 0.198 e. The van der Waals surface area contributed by atoms with Gasteiger partial charge in [0.25, 0.3) is 0 Å². The molecule has 106 valence electrons. The SMILES string of the molecule is [O-][n+]1cc2cc(CO)c1CCCCCCCCCC2. The van der Waals surface area contributed by atoms with Gasteiger partial charge in [-0.15, -0.1) is 0 Å². The Kier molecular flexibility index (Phi) is 5.64. The van der Waals surface area contributed by atoms with Crippen molar-refractivity contribution in [3.63, 3.8) is 0 Å². The second kappa shape index (κ2) is 7.49. The van der Waals surface area contributed by atoms with Gasteiger partial charge in [0.2, 0.25) is 0 Å². The molecule has 0 radical (unpaired) electrons. The Morgan fingerprint density at radius 3 is 2.16 bits per heavy atom. The monoisotopic (exact) mass is 263 g/mol. The predicted molar refractivity (Wildman–Crippen MR) is 75.7 cm³/mol. The van der Waals surface area contributed by atoms with Gasteiger partial charge in [0, 0.05) is 17.5 Å². The van der Waals surface area contributed by atoms with Crippen molar-refractivity contribution >= 4 is 0 Å². The van der Waals surface area contributed by atoms with Crippen LogP contribution in [0, 0.1) is 5.21 Å². The van der Waals surface area contributed by atoms with Gasteiger partial charge in [-0.05, 0) is 25.3 Å². The van der Waals surface area contributed by atoms with E-state index in [0.717, 1.165) is 47.2 Å². The topological polar surface area (TPSA) is 47.2 Å². The lowest BCUT2D eigenvalue weighted by atomic mass is 9.99. The van der Waals surface area contributed by atoms with Gasteiger partial charge in [0.05, 0.1) is 6.61 Å². The number of aromatic nitrogens is 1. The first-order valence-corrected chi connectivity index (χ1v) is 7.66. The first kappa shape index (κ1) is 14.3. The highest BCUT2D eigenvalue weighted by atomic mass is 16.5. The molecule has 3 heteroatoms. The summed E-state index contributed by atoms with van der Waals surface area (Å²) in [4.78, 5) is 0. The van der Waals surface area contributed by atoms with Crippen LogP contribution in [0.4, 0.5) is 0 Å². The van der Waals surface area contributed by atoms with Crippen LogP contribution in [-0.2, 0) is 19.4 Å². The third-order valence-electron chi connectivity index (χ3n) is 4.08. The first-order valence-electron chi connectivity index (χ1n) is 7.66. The largest absolute Gasteiger partial charge is 0.618 e. The van der Waals surface area contributed by atoms with Crippen LogP contribution < -0.4 is 4.73 Å². The molecule has 0 atom stereocenters. The van der Waals surface area contributed by atoms with E-state index in [0.29, 0.717) is 0 Å². The van der Waals surface area contributed by atoms with Crippen molar-refractivity contribution in [1.29, 1.82) is 0 Å². The van der Waals surface area contributed by atoms with E-state index >= 15 is 0 Å². The van der Waals surface area contributed by atoms with Crippen molar-refractivity contribution in [2.45, 2.75) is 70.8 Å². The number of fused-ring (bicyclic) bond motifs is 11. The molecule has 3 nitrogen and oxygen atoms in total. The van der Waals surface area contributed by atoms with Gasteiger partial charge in [-0.1, -0.05) is 38.5 Å². The lowest BCUT2D eigenvalue weighted by Gasteiger charge is -2.12. The molecular weight excluding hydrogens is 238 g/mol. The summed E-state index contributed by atoms with van der Waals surface area (Å²) >= 11 is 0. The Labute approximate surface area is 115 Å². The summed E-state index contributed by atoms with van der Waals surface area (Å²) in [7, 11) is 0. The van der Waals surface area contributed by atoms with E-state index in [1.54, 1.807) is 6.20 Å². The molecule has 0 unspecified atom stereocenters. The van der Waals surface area contributed by atoms with E-state index in [9.17, 15) is 10.3 Å². The quantitative estimate of drug-likeness (QED) is 0.625. The fourth-order valence-corrected chi connectivity index (χ4v) is 2.94. The molecule has 1 aromatic rings. The van der Waals surface area contributed by atoms with Gasteiger partial charge in [0.15, 0.2) is 11.9 Å². The second-order valence-electron chi connectivity index (χ2n) is 5.63. The van der Waals surface area contributed by atoms with E-state index in [1.807, 2.05) is 6.07 Å². The maximum absolute atomic E-state index is 12.1. The van der Waals surface area contributed by atoms with Gasteiger partial charge in [-0.25, -0.2) is 0 Å². The Balaban J connectivity index is 2.17. The molecular formula is C16H25NO2. The van der Waals surface area contributed by atoms with Gasteiger partial charge in [-0.3, -0.25) is 0 Å². The van der Waals surface area contributed by atoms with Crippen molar-refractivity contribution in [3.05, 3.63) is 34.3 Å². The standard InChI is InChI=1S/C16H25NO2/c18-13-15-11-14-9-7-5-3-1-2-4-6-8-10-16(15)17(19)12-14/h11-12,18H,1-10,13H2. The van der Waals surface area contributed by atoms with E-state index in [2.05, 4.69) is 0 Å². The molecule has 3 rings (SSSR count). The summed E-state index contributed by atoms with van der Waals surface area (Å²) in [6.07, 6.45) is 13.3. The van der Waals surface area contributed by atoms with Crippen LogP contribution in [0.3, 0.4) is 0 Å². The molecule has 2 bridgehead atoms. The molecule has 0 saturated heterocycles. The van der Waals surface area contributed by atoms with Gasteiger partial charge < -0.3 is 10.3 Å².